The summed E-state index contributed by atoms with van der Waals surface area (Å²) in [7, 11) is 2.99. The summed E-state index contributed by atoms with van der Waals surface area (Å²) in [4.78, 5) is 42.1. The number of carbonyl (C=O) groups excluding carboxylic acids is 1. The van der Waals surface area contributed by atoms with Crippen molar-refractivity contribution in [2.45, 2.75) is 26.3 Å². The number of anilines is 1. The van der Waals surface area contributed by atoms with Crippen LogP contribution in [0.2, 0.25) is 0 Å². The number of ether oxygens (including phenoxy) is 2. The average Bonchev–Trinajstić information content (AvgIpc) is 3.14. The minimum absolute atomic E-state index is 0.00623. The van der Waals surface area contributed by atoms with Crippen molar-refractivity contribution in [1.82, 2.24) is 9.55 Å². The smallest absolute Gasteiger partial charge is 0.337 e. The Morgan fingerprint density at radius 2 is 2.00 bits per heavy atom. The predicted molar refractivity (Wildman–Crippen MR) is 113 cm³/mol. The van der Waals surface area contributed by atoms with Crippen molar-refractivity contribution in [2.24, 2.45) is 0 Å². The lowest BCUT2D eigenvalue weighted by atomic mass is 10.2. The number of benzene rings is 1. The molecule has 0 atom stereocenters. The van der Waals surface area contributed by atoms with Gasteiger partial charge in [-0.15, -0.1) is 11.3 Å². The van der Waals surface area contributed by atoms with Gasteiger partial charge in [-0.1, -0.05) is 13.8 Å². The van der Waals surface area contributed by atoms with Gasteiger partial charge < -0.3 is 19.9 Å². The van der Waals surface area contributed by atoms with Gasteiger partial charge in [-0.05, 0) is 12.1 Å². The van der Waals surface area contributed by atoms with Gasteiger partial charge in [0.1, 0.15) is 28.7 Å². The van der Waals surface area contributed by atoms with E-state index in [2.05, 4.69) is 10.3 Å². The van der Waals surface area contributed by atoms with Gasteiger partial charge >= 0.3 is 5.97 Å². The zero-order chi connectivity index (χ0) is 22.0. The molecule has 0 aliphatic rings. The zero-order valence-electron chi connectivity index (χ0n) is 16.9. The fraction of sp³-hybridized carbons (Fsp3) is 0.300. The summed E-state index contributed by atoms with van der Waals surface area (Å²) in [5, 5.41) is 13.5. The Balaban J connectivity index is 2.00. The summed E-state index contributed by atoms with van der Waals surface area (Å²) >= 11 is 1.09. The SMILES string of the molecule is COc1ccc(NC(=O)Cn2c(C(C)C)nc3scc(C(=O)O)c3c2=O)c(OC)c1. The number of rotatable bonds is 7. The van der Waals surface area contributed by atoms with Crippen LogP contribution in [-0.2, 0) is 11.3 Å². The number of aromatic nitrogens is 2. The molecule has 0 bridgehead atoms. The molecule has 30 heavy (non-hydrogen) atoms. The van der Waals surface area contributed by atoms with Gasteiger partial charge in [-0.25, -0.2) is 9.78 Å². The van der Waals surface area contributed by atoms with Gasteiger partial charge in [0.05, 0.1) is 30.9 Å². The summed E-state index contributed by atoms with van der Waals surface area (Å²) in [5.41, 5.74) is -0.258. The summed E-state index contributed by atoms with van der Waals surface area (Å²) in [6, 6.07) is 4.92. The van der Waals surface area contributed by atoms with Gasteiger partial charge in [0.25, 0.3) is 5.56 Å². The summed E-state index contributed by atoms with van der Waals surface area (Å²) in [5.74, 6) is -0.466. The third kappa shape index (κ3) is 3.99. The molecule has 3 rings (SSSR count). The van der Waals surface area contributed by atoms with E-state index in [9.17, 15) is 19.5 Å². The number of methoxy groups -OCH3 is 2. The minimum atomic E-state index is -1.21. The predicted octanol–water partition coefficient (Wildman–Crippen LogP) is 2.94. The molecule has 1 aromatic carbocycles. The molecule has 0 radical (unpaired) electrons. The second-order valence-electron chi connectivity index (χ2n) is 6.77. The van der Waals surface area contributed by atoms with Gasteiger partial charge in [-0.3, -0.25) is 14.2 Å². The van der Waals surface area contributed by atoms with Crippen molar-refractivity contribution in [3.8, 4) is 11.5 Å². The van der Waals surface area contributed by atoms with E-state index in [0.717, 1.165) is 11.3 Å². The number of nitrogens with zero attached hydrogens (tertiary/aromatic N) is 2. The van der Waals surface area contributed by atoms with Crippen LogP contribution >= 0.6 is 11.3 Å². The Kier molecular flexibility index (Phi) is 6.06. The number of amides is 1. The Morgan fingerprint density at radius 1 is 1.27 bits per heavy atom. The molecule has 10 heteroatoms. The van der Waals surface area contributed by atoms with E-state index in [1.54, 1.807) is 18.2 Å². The van der Waals surface area contributed by atoms with Crippen molar-refractivity contribution in [2.75, 3.05) is 19.5 Å². The third-order valence-electron chi connectivity index (χ3n) is 4.45. The van der Waals surface area contributed by atoms with Crippen molar-refractivity contribution in [3.05, 3.63) is 45.3 Å². The highest BCUT2D eigenvalue weighted by atomic mass is 32.1. The normalized spacial score (nSPS) is 11.0. The van der Waals surface area contributed by atoms with E-state index in [1.807, 2.05) is 13.8 Å². The number of hydrogen-bond acceptors (Lipinski definition) is 7. The van der Waals surface area contributed by atoms with Crippen LogP contribution in [0.25, 0.3) is 10.2 Å². The number of fused-ring (bicyclic) bond motifs is 1. The van der Waals surface area contributed by atoms with E-state index in [1.165, 1.54) is 24.2 Å². The maximum atomic E-state index is 13.1. The molecule has 0 aliphatic carbocycles. The Labute approximate surface area is 175 Å². The molecule has 1 amide bonds. The maximum Gasteiger partial charge on any atom is 0.337 e. The number of hydrogen-bond donors (Lipinski definition) is 2. The zero-order valence-corrected chi connectivity index (χ0v) is 17.7. The quantitative estimate of drug-likeness (QED) is 0.590. The van der Waals surface area contributed by atoms with E-state index in [0.29, 0.717) is 27.8 Å². The highest BCUT2D eigenvalue weighted by Crippen LogP contribution is 2.29. The first-order valence-electron chi connectivity index (χ1n) is 9.03. The van der Waals surface area contributed by atoms with Gasteiger partial charge in [0.15, 0.2) is 0 Å². The van der Waals surface area contributed by atoms with Crippen molar-refractivity contribution >= 4 is 39.1 Å². The Morgan fingerprint density at radius 3 is 2.60 bits per heavy atom. The summed E-state index contributed by atoms with van der Waals surface area (Å²) < 4.78 is 11.6. The van der Waals surface area contributed by atoms with Gasteiger partial charge in [0, 0.05) is 17.4 Å². The Bertz CT molecular complexity index is 1180. The van der Waals surface area contributed by atoms with Crippen LogP contribution in [0, 0.1) is 0 Å². The van der Waals surface area contributed by atoms with E-state index >= 15 is 0 Å². The molecular formula is C20H21N3O6S. The van der Waals surface area contributed by atoms with Crippen LogP contribution < -0.4 is 20.3 Å². The molecule has 0 aliphatic heterocycles. The molecule has 0 saturated carbocycles. The second kappa shape index (κ2) is 8.54. The standard InChI is InChI=1S/C20H21N3O6S/c1-10(2)17-22-18-16(12(9-30-18)20(26)27)19(25)23(17)8-15(24)21-13-6-5-11(28-3)7-14(13)29-4/h5-7,9-10H,8H2,1-4H3,(H,21,24)(H,26,27). The van der Waals surface area contributed by atoms with Crippen molar-refractivity contribution < 1.29 is 24.2 Å². The van der Waals surface area contributed by atoms with Crippen LogP contribution in [0.1, 0.15) is 35.9 Å². The molecule has 158 valence electrons. The molecule has 2 aromatic heterocycles. The third-order valence-corrected chi connectivity index (χ3v) is 5.33. The lowest BCUT2D eigenvalue weighted by Crippen LogP contribution is -2.32. The number of carbonyl (C=O) groups is 2. The largest absolute Gasteiger partial charge is 0.497 e. The minimum Gasteiger partial charge on any atom is -0.497 e. The van der Waals surface area contributed by atoms with Crippen molar-refractivity contribution in [1.29, 1.82) is 0 Å². The lowest BCUT2D eigenvalue weighted by molar-refractivity contribution is -0.116. The van der Waals surface area contributed by atoms with Gasteiger partial charge in [-0.2, -0.15) is 0 Å². The number of aromatic carboxylic acids is 1. The fourth-order valence-electron chi connectivity index (χ4n) is 3.03. The highest BCUT2D eigenvalue weighted by molar-refractivity contribution is 7.17. The first-order chi connectivity index (χ1) is 14.3. The summed E-state index contributed by atoms with van der Waals surface area (Å²) in [6.07, 6.45) is 0. The molecule has 9 nitrogen and oxygen atoms in total. The molecular weight excluding hydrogens is 410 g/mol. The van der Waals surface area contributed by atoms with Crippen LogP contribution in [-0.4, -0.2) is 40.8 Å². The fourth-order valence-corrected chi connectivity index (χ4v) is 3.94. The summed E-state index contributed by atoms with van der Waals surface area (Å²) in [6.45, 7) is 3.37. The topological polar surface area (TPSA) is 120 Å². The molecule has 0 spiro atoms. The molecule has 0 fully saturated rings. The first kappa shape index (κ1) is 21.3. The molecule has 3 aromatic rings. The van der Waals surface area contributed by atoms with Crippen LogP contribution in [0.15, 0.2) is 28.4 Å². The number of carboxylic acids is 1. The van der Waals surface area contributed by atoms with Gasteiger partial charge in [0.2, 0.25) is 5.91 Å². The van der Waals surface area contributed by atoms with E-state index in [4.69, 9.17) is 9.47 Å². The van der Waals surface area contributed by atoms with E-state index in [-0.39, 0.29) is 23.4 Å². The second-order valence-corrected chi connectivity index (χ2v) is 7.62. The highest BCUT2D eigenvalue weighted by Gasteiger charge is 2.22. The molecule has 2 N–H and O–H groups in total. The number of nitrogens with one attached hydrogen (secondary N) is 1. The first-order valence-corrected chi connectivity index (χ1v) is 9.91. The van der Waals surface area contributed by atoms with Crippen LogP contribution in [0.3, 0.4) is 0 Å². The Hall–Kier alpha value is -3.40. The average molecular weight is 431 g/mol. The molecule has 0 saturated heterocycles. The lowest BCUT2D eigenvalue weighted by Gasteiger charge is -2.16. The monoisotopic (exact) mass is 431 g/mol. The van der Waals surface area contributed by atoms with Crippen molar-refractivity contribution in [3.63, 3.8) is 0 Å². The number of carboxylic acid groups (broad SMARTS) is 1. The van der Waals surface area contributed by atoms with Crippen LogP contribution in [0.4, 0.5) is 5.69 Å². The number of thiophene rings is 1. The molecule has 2 heterocycles. The molecule has 0 unspecified atom stereocenters. The van der Waals surface area contributed by atoms with E-state index < -0.39 is 17.4 Å². The van der Waals surface area contributed by atoms with Crippen LogP contribution in [0.5, 0.6) is 11.5 Å². The maximum absolute atomic E-state index is 13.1.